The van der Waals surface area contributed by atoms with Crippen LogP contribution in [0.3, 0.4) is 0 Å². The van der Waals surface area contributed by atoms with Gasteiger partial charge in [-0.2, -0.15) is 13.7 Å². The lowest BCUT2D eigenvalue weighted by Crippen LogP contribution is -2.03. The van der Waals surface area contributed by atoms with E-state index < -0.39 is 10.1 Å². The second kappa shape index (κ2) is 4.46. The zero-order chi connectivity index (χ0) is 13.2. The number of nitriles is 1. The highest BCUT2D eigenvalue weighted by atomic mass is 32.2. The van der Waals surface area contributed by atoms with E-state index in [1.165, 1.54) is 0 Å². The Morgan fingerprint density at radius 3 is 2.83 bits per heavy atom. The first-order chi connectivity index (χ1) is 8.49. The minimum Gasteiger partial charge on any atom is -0.434 e. The number of oxazole rings is 1. The molecule has 0 atom stereocenters. The van der Waals surface area contributed by atoms with Crippen molar-refractivity contribution in [1.29, 1.82) is 5.26 Å². The van der Waals surface area contributed by atoms with E-state index in [-0.39, 0.29) is 11.6 Å². The summed E-state index contributed by atoms with van der Waals surface area (Å²) in [5, 5.41) is 12.0. The molecule has 1 aromatic heterocycles. The fourth-order valence-corrected chi connectivity index (χ4v) is 1.40. The largest absolute Gasteiger partial charge is 0.434 e. The first-order valence-electron chi connectivity index (χ1n) is 4.72. The van der Waals surface area contributed by atoms with Crippen molar-refractivity contribution in [3.8, 4) is 6.07 Å². The van der Waals surface area contributed by atoms with Gasteiger partial charge in [0, 0.05) is 0 Å². The third kappa shape index (κ3) is 2.64. The van der Waals surface area contributed by atoms with Crippen molar-refractivity contribution in [2.75, 3.05) is 6.26 Å². The molecule has 0 bridgehead atoms. The molecule has 1 aromatic carbocycles. The van der Waals surface area contributed by atoms with Crippen molar-refractivity contribution in [3.05, 3.63) is 30.2 Å². The van der Waals surface area contributed by atoms with Crippen molar-refractivity contribution in [3.63, 3.8) is 0 Å². The number of aromatic nitrogens is 1. The van der Waals surface area contributed by atoms with Crippen LogP contribution in [0.15, 0.2) is 33.8 Å². The molecule has 0 aliphatic rings. The molecule has 7 nitrogen and oxygen atoms in total. The maximum Gasteiger partial charge on any atom is 0.325 e. The van der Waals surface area contributed by atoms with Gasteiger partial charge in [-0.3, -0.25) is 4.28 Å². The molecule has 0 saturated carbocycles. The molecule has 0 saturated heterocycles. The Morgan fingerprint density at radius 1 is 1.50 bits per heavy atom. The minimum atomic E-state index is -3.78. The van der Waals surface area contributed by atoms with Gasteiger partial charge in [0.25, 0.3) is 5.89 Å². The van der Waals surface area contributed by atoms with Crippen LogP contribution in [0, 0.1) is 11.3 Å². The average Bonchev–Trinajstić information content (AvgIpc) is 2.71. The fourth-order valence-electron chi connectivity index (χ4n) is 1.19. The van der Waals surface area contributed by atoms with Gasteiger partial charge in [-0.05, 0) is 17.3 Å². The molecule has 1 heterocycles. The highest BCUT2D eigenvalue weighted by Crippen LogP contribution is 2.15. The van der Waals surface area contributed by atoms with Crippen LogP contribution in [0.25, 0.3) is 11.1 Å². The van der Waals surface area contributed by atoms with Crippen LogP contribution in [0.4, 0.5) is 0 Å². The molecular weight excluding hydrogens is 258 g/mol. The number of benzene rings is 1. The van der Waals surface area contributed by atoms with E-state index >= 15 is 0 Å². The Balaban J connectivity index is 2.42. The number of fused-ring (bicyclic) bond motifs is 1. The smallest absolute Gasteiger partial charge is 0.325 e. The summed E-state index contributed by atoms with van der Waals surface area (Å²) in [4.78, 5) is 3.99. The summed E-state index contributed by atoms with van der Waals surface area (Å²) in [5.74, 6) is -0.0950. The Bertz CT molecular complexity index is 722. The molecule has 0 radical (unpaired) electrons. The number of hydrogen-bond donors (Lipinski definition) is 0. The third-order valence-corrected chi connectivity index (χ3v) is 2.21. The lowest BCUT2D eigenvalue weighted by atomic mass is 10.3. The first kappa shape index (κ1) is 12.1. The lowest BCUT2D eigenvalue weighted by molar-refractivity contribution is 0.342. The second-order valence-electron chi connectivity index (χ2n) is 3.32. The van der Waals surface area contributed by atoms with Gasteiger partial charge < -0.3 is 4.42 Å². The van der Waals surface area contributed by atoms with Crippen LogP contribution in [0.1, 0.15) is 5.89 Å². The van der Waals surface area contributed by atoms with E-state index in [0.717, 1.165) is 6.26 Å². The summed E-state index contributed by atoms with van der Waals surface area (Å²) in [6.45, 7) is 0. The van der Waals surface area contributed by atoms with E-state index in [9.17, 15) is 8.42 Å². The predicted molar refractivity (Wildman–Crippen MR) is 62.1 cm³/mol. The molecule has 0 amide bonds. The Morgan fingerprint density at radius 2 is 2.22 bits per heavy atom. The van der Waals surface area contributed by atoms with Gasteiger partial charge in [0.2, 0.25) is 5.71 Å². The number of para-hydroxylation sites is 2. The predicted octanol–water partition coefficient (Wildman–Crippen LogP) is 1.03. The molecule has 2 aromatic rings. The molecule has 0 aliphatic heterocycles. The van der Waals surface area contributed by atoms with Crippen LogP contribution in [0.5, 0.6) is 0 Å². The number of nitrogens with zero attached hydrogens (tertiary/aromatic N) is 3. The van der Waals surface area contributed by atoms with Gasteiger partial charge in [-0.1, -0.05) is 12.1 Å². The summed E-state index contributed by atoms with van der Waals surface area (Å²) in [5.41, 5.74) is 0.654. The van der Waals surface area contributed by atoms with Gasteiger partial charge in [0.15, 0.2) is 5.58 Å². The quantitative estimate of drug-likeness (QED) is 0.606. The summed E-state index contributed by atoms with van der Waals surface area (Å²) in [6.07, 6.45) is 0.817. The van der Waals surface area contributed by atoms with Crippen molar-refractivity contribution in [2.45, 2.75) is 0 Å². The highest BCUT2D eigenvalue weighted by molar-refractivity contribution is 7.85. The maximum atomic E-state index is 10.8. The molecule has 0 aliphatic carbocycles. The van der Waals surface area contributed by atoms with Gasteiger partial charge in [0.1, 0.15) is 11.6 Å². The van der Waals surface area contributed by atoms with Crippen molar-refractivity contribution in [1.82, 2.24) is 4.98 Å². The van der Waals surface area contributed by atoms with Gasteiger partial charge in [-0.15, -0.1) is 0 Å². The summed E-state index contributed by atoms with van der Waals surface area (Å²) in [6, 6.07) is 8.51. The Kier molecular flexibility index (Phi) is 2.99. The van der Waals surface area contributed by atoms with E-state index in [1.54, 1.807) is 30.3 Å². The van der Waals surface area contributed by atoms with Gasteiger partial charge >= 0.3 is 10.1 Å². The van der Waals surface area contributed by atoms with Crippen LogP contribution < -0.4 is 0 Å². The monoisotopic (exact) mass is 265 g/mol. The van der Waals surface area contributed by atoms with Crippen molar-refractivity contribution >= 4 is 26.9 Å². The average molecular weight is 265 g/mol. The Hall–Kier alpha value is -2.40. The SMILES string of the molecule is CS(=O)(=O)O/N=C(\C#N)c1nc2ccccc2o1. The molecule has 0 spiro atoms. The molecule has 2 rings (SSSR count). The minimum absolute atomic E-state index is 0.0950. The summed E-state index contributed by atoms with van der Waals surface area (Å²) < 4.78 is 30.9. The van der Waals surface area contributed by atoms with E-state index in [2.05, 4.69) is 14.4 Å². The van der Waals surface area contributed by atoms with E-state index in [4.69, 9.17) is 9.68 Å². The molecule has 92 valence electrons. The Labute approximate surface area is 102 Å². The number of hydrogen-bond acceptors (Lipinski definition) is 7. The van der Waals surface area contributed by atoms with Gasteiger partial charge in [-0.25, -0.2) is 4.98 Å². The maximum absolute atomic E-state index is 10.8. The zero-order valence-electron chi connectivity index (χ0n) is 9.19. The molecule has 0 fully saturated rings. The molecule has 8 heteroatoms. The van der Waals surface area contributed by atoms with Crippen LogP contribution >= 0.6 is 0 Å². The number of rotatable bonds is 3. The summed E-state index contributed by atoms with van der Waals surface area (Å²) >= 11 is 0. The van der Waals surface area contributed by atoms with E-state index in [1.807, 2.05) is 0 Å². The highest BCUT2D eigenvalue weighted by Gasteiger charge is 2.14. The normalized spacial score (nSPS) is 12.3. The van der Waals surface area contributed by atoms with E-state index in [0.29, 0.717) is 11.1 Å². The van der Waals surface area contributed by atoms with Crippen molar-refractivity contribution < 1.29 is 17.1 Å². The molecule has 0 unspecified atom stereocenters. The topological polar surface area (TPSA) is 106 Å². The van der Waals surface area contributed by atoms with Crippen LogP contribution in [-0.4, -0.2) is 25.4 Å². The van der Waals surface area contributed by atoms with Crippen molar-refractivity contribution in [2.24, 2.45) is 5.16 Å². The number of oxime groups is 1. The van der Waals surface area contributed by atoms with Gasteiger partial charge in [0.05, 0.1) is 6.26 Å². The summed E-state index contributed by atoms with van der Waals surface area (Å²) in [7, 11) is -3.78. The lowest BCUT2D eigenvalue weighted by Gasteiger charge is -1.92. The first-order valence-corrected chi connectivity index (χ1v) is 6.54. The zero-order valence-corrected chi connectivity index (χ0v) is 10.0. The standard InChI is InChI=1S/C10H7N3O4S/c1-18(14,15)17-13-8(6-11)10-12-7-4-2-3-5-9(7)16-10/h2-5H,1H3/b13-8+. The van der Waals surface area contributed by atoms with Crippen LogP contribution in [0.2, 0.25) is 0 Å². The van der Waals surface area contributed by atoms with Crippen LogP contribution in [-0.2, 0) is 14.4 Å². The third-order valence-electron chi connectivity index (χ3n) is 1.87. The second-order valence-corrected chi connectivity index (χ2v) is 4.87. The molecule has 18 heavy (non-hydrogen) atoms. The fraction of sp³-hybridized carbons (Fsp3) is 0.100. The molecule has 0 N–H and O–H groups in total. The molecular formula is C10H7N3O4S.